The van der Waals surface area contributed by atoms with Crippen LogP contribution < -0.4 is 0 Å². The standard InChI is InChI=1S/C18H13N3/c19-13-15(10-6-9-14-7-2-1-3-8-14)18-20-16-11-4-5-12-17(16)21-18/h1-12H,(H,20,21)/b9-6+,15-10+. The molecule has 0 radical (unpaired) electrons. The summed E-state index contributed by atoms with van der Waals surface area (Å²) >= 11 is 0. The predicted octanol–water partition coefficient (Wildman–Crippen LogP) is 4.18. The maximum absolute atomic E-state index is 9.29. The summed E-state index contributed by atoms with van der Waals surface area (Å²) in [5.74, 6) is 0.594. The molecule has 3 rings (SSSR count). The molecular weight excluding hydrogens is 258 g/mol. The highest BCUT2D eigenvalue weighted by Crippen LogP contribution is 2.16. The molecule has 0 saturated heterocycles. The summed E-state index contributed by atoms with van der Waals surface area (Å²) in [6.45, 7) is 0. The number of aromatic nitrogens is 2. The Kier molecular flexibility index (Phi) is 3.62. The zero-order valence-electron chi connectivity index (χ0n) is 11.3. The van der Waals surface area contributed by atoms with Gasteiger partial charge in [-0.1, -0.05) is 54.6 Å². The number of nitrogens with zero attached hydrogens (tertiary/aromatic N) is 2. The third-order valence-corrected chi connectivity index (χ3v) is 3.12. The first-order valence-corrected chi connectivity index (χ1v) is 6.65. The van der Waals surface area contributed by atoms with E-state index in [1.807, 2.05) is 66.7 Å². The fourth-order valence-corrected chi connectivity index (χ4v) is 2.07. The summed E-state index contributed by atoms with van der Waals surface area (Å²) in [7, 11) is 0. The molecule has 1 heterocycles. The molecule has 21 heavy (non-hydrogen) atoms. The third kappa shape index (κ3) is 2.90. The van der Waals surface area contributed by atoms with E-state index in [0.29, 0.717) is 11.4 Å². The van der Waals surface area contributed by atoms with Crippen molar-refractivity contribution in [3.63, 3.8) is 0 Å². The molecule has 0 aliphatic rings. The molecule has 0 unspecified atom stereocenters. The lowest BCUT2D eigenvalue weighted by molar-refractivity contribution is 1.27. The number of imidazole rings is 1. The molecule has 100 valence electrons. The summed E-state index contributed by atoms with van der Waals surface area (Å²) in [6.07, 6.45) is 5.59. The fourth-order valence-electron chi connectivity index (χ4n) is 2.07. The van der Waals surface area contributed by atoms with Crippen LogP contribution in [0.1, 0.15) is 11.4 Å². The molecule has 3 aromatic rings. The zero-order valence-corrected chi connectivity index (χ0v) is 11.3. The SMILES string of the molecule is N#C/C(=C\C=C\c1ccccc1)c1nc2ccccc2[nH]1. The minimum atomic E-state index is 0.512. The van der Waals surface area contributed by atoms with Crippen LogP contribution in [-0.4, -0.2) is 9.97 Å². The molecular formula is C18H13N3. The van der Waals surface area contributed by atoms with Crippen LogP contribution in [0.2, 0.25) is 0 Å². The molecule has 1 aromatic heterocycles. The number of para-hydroxylation sites is 2. The van der Waals surface area contributed by atoms with Gasteiger partial charge in [-0.2, -0.15) is 5.26 Å². The molecule has 1 N–H and O–H groups in total. The normalized spacial score (nSPS) is 11.9. The fraction of sp³-hybridized carbons (Fsp3) is 0. The van der Waals surface area contributed by atoms with E-state index in [1.54, 1.807) is 6.08 Å². The van der Waals surface area contributed by atoms with Crippen LogP contribution in [0.3, 0.4) is 0 Å². The van der Waals surface area contributed by atoms with Gasteiger partial charge in [0.05, 0.1) is 16.6 Å². The summed E-state index contributed by atoms with van der Waals surface area (Å²) in [4.78, 5) is 7.59. The summed E-state index contributed by atoms with van der Waals surface area (Å²) in [5.41, 5.74) is 3.40. The molecule has 2 aromatic carbocycles. The Bertz CT molecular complexity index is 816. The van der Waals surface area contributed by atoms with E-state index in [-0.39, 0.29) is 0 Å². The highest BCUT2D eigenvalue weighted by Gasteiger charge is 2.05. The molecule has 0 atom stereocenters. The Labute approximate surface area is 122 Å². The van der Waals surface area contributed by atoms with E-state index in [4.69, 9.17) is 0 Å². The lowest BCUT2D eigenvalue weighted by Gasteiger charge is -1.91. The average molecular weight is 271 g/mol. The molecule has 0 amide bonds. The van der Waals surface area contributed by atoms with Crippen LogP contribution in [0, 0.1) is 11.3 Å². The van der Waals surface area contributed by atoms with Crippen LogP contribution in [-0.2, 0) is 0 Å². The summed E-state index contributed by atoms with van der Waals surface area (Å²) in [6, 6.07) is 19.9. The third-order valence-electron chi connectivity index (χ3n) is 3.12. The molecule has 0 fully saturated rings. The first kappa shape index (κ1) is 12.9. The van der Waals surface area contributed by atoms with Crippen LogP contribution in [0.4, 0.5) is 0 Å². The van der Waals surface area contributed by atoms with Gasteiger partial charge in [0.25, 0.3) is 0 Å². The number of nitriles is 1. The average Bonchev–Trinajstić information content (AvgIpc) is 2.96. The van der Waals surface area contributed by atoms with Gasteiger partial charge in [-0.15, -0.1) is 0 Å². The van der Waals surface area contributed by atoms with Gasteiger partial charge in [0.2, 0.25) is 0 Å². The summed E-state index contributed by atoms with van der Waals surface area (Å²) in [5, 5.41) is 9.29. The van der Waals surface area contributed by atoms with Crippen molar-refractivity contribution < 1.29 is 0 Å². The first-order valence-electron chi connectivity index (χ1n) is 6.65. The Morgan fingerprint density at radius 3 is 2.57 bits per heavy atom. The number of hydrogen-bond acceptors (Lipinski definition) is 2. The smallest absolute Gasteiger partial charge is 0.149 e. The highest BCUT2D eigenvalue weighted by molar-refractivity contribution is 5.82. The highest BCUT2D eigenvalue weighted by atomic mass is 14.9. The van der Waals surface area contributed by atoms with Crippen molar-refractivity contribution >= 4 is 22.7 Å². The van der Waals surface area contributed by atoms with Gasteiger partial charge in [-0.3, -0.25) is 0 Å². The number of fused-ring (bicyclic) bond motifs is 1. The lowest BCUT2D eigenvalue weighted by Crippen LogP contribution is -1.83. The van der Waals surface area contributed by atoms with Crippen molar-refractivity contribution in [2.45, 2.75) is 0 Å². The van der Waals surface area contributed by atoms with Crippen LogP contribution in [0.25, 0.3) is 22.7 Å². The number of nitrogens with one attached hydrogen (secondary N) is 1. The number of hydrogen-bond donors (Lipinski definition) is 1. The predicted molar refractivity (Wildman–Crippen MR) is 85.2 cm³/mol. The van der Waals surface area contributed by atoms with Crippen molar-refractivity contribution in [2.75, 3.05) is 0 Å². The Balaban J connectivity index is 1.89. The second kappa shape index (κ2) is 5.89. The van der Waals surface area contributed by atoms with E-state index < -0.39 is 0 Å². The van der Waals surface area contributed by atoms with Gasteiger partial charge in [0, 0.05) is 0 Å². The van der Waals surface area contributed by atoms with Crippen molar-refractivity contribution in [2.24, 2.45) is 0 Å². The van der Waals surface area contributed by atoms with Crippen molar-refractivity contribution in [1.82, 2.24) is 9.97 Å². The van der Waals surface area contributed by atoms with Gasteiger partial charge >= 0.3 is 0 Å². The molecule has 0 saturated carbocycles. The van der Waals surface area contributed by atoms with Crippen LogP contribution in [0.5, 0.6) is 0 Å². The molecule has 0 spiro atoms. The van der Waals surface area contributed by atoms with Gasteiger partial charge in [0.1, 0.15) is 11.9 Å². The van der Waals surface area contributed by atoms with Crippen molar-refractivity contribution in [1.29, 1.82) is 5.26 Å². The molecule has 3 heteroatoms. The van der Waals surface area contributed by atoms with Gasteiger partial charge < -0.3 is 4.98 Å². The quantitative estimate of drug-likeness (QED) is 0.573. The number of aromatic amines is 1. The second-order valence-corrected chi connectivity index (χ2v) is 4.56. The molecule has 0 aliphatic carbocycles. The van der Waals surface area contributed by atoms with Crippen LogP contribution >= 0.6 is 0 Å². The van der Waals surface area contributed by atoms with Gasteiger partial charge in [-0.05, 0) is 23.8 Å². The van der Waals surface area contributed by atoms with Crippen LogP contribution in [0.15, 0.2) is 66.7 Å². The minimum Gasteiger partial charge on any atom is -0.337 e. The largest absolute Gasteiger partial charge is 0.337 e. The van der Waals surface area contributed by atoms with E-state index in [9.17, 15) is 5.26 Å². The molecule has 0 aliphatic heterocycles. The van der Waals surface area contributed by atoms with E-state index in [1.165, 1.54) is 0 Å². The Morgan fingerprint density at radius 2 is 1.81 bits per heavy atom. The molecule has 0 bridgehead atoms. The number of H-pyrrole nitrogens is 1. The Morgan fingerprint density at radius 1 is 1.05 bits per heavy atom. The second-order valence-electron chi connectivity index (χ2n) is 4.56. The zero-order chi connectivity index (χ0) is 14.5. The number of rotatable bonds is 3. The van der Waals surface area contributed by atoms with Gasteiger partial charge in [-0.25, -0.2) is 4.98 Å². The minimum absolute atomic E-state index is 0.512. The number of benzene rings is 2. The summed E-state index contributed by atoms with van der Waals surface area (Å²) < 4.78 is 0. The number of allylic oxidation sites excluding steroid dienone is 3. The maximum Gasteiger partial charge on any atom is 0.149 e. The lowest BCUT2D eigenvalue weighted by atomic mass is 10.2. The maximum atomic E-state index is 9.29. The van der Waals surface area contributed by atoms with E-state index in [2.05, 4.69) is 16.0 Å². The first-order chi connectivity index (χ1) is 10.4. The van der Waals surface area contributed by atoms with Crippen molar-refractivity contribution in [3.8, 4) is 6.07 Å². The Hall–Kier alpha value is -3.12. The van der Waals surface area contributed by atoms with Crippen molar-refractivity contribution in [3.05, 3.63) is 78.1 Å². The van der Waals surface area contributed by atoms with E-state index in [0.717, 1.165) is 16.6 Å². The topological polar surface area (TPSA) is 52.5 Å². The van der Waals surface area contributed by atoms with Gasteiger partial charge in [0.15, 0.2) is 0 Å². The molecule has 3 nitrogen and oxygen atoms in total. The van der Waals surface area contributed by atoms with E-state index >= 15 is 0 Å². The monoisotopic (exact) mass is 271 g/mol.